The van der Waals surface area contributed by atoms with Gasteiger partial charge < -0.3 is 15.0 Å². The van der Waals surface area contributed by atoms with E-state index in [0.717, 1.165) is 4.31 Å². The Balaban J connectivity index is 2.04. The lowest BCUT2D eigenvalue weighted by Gasteiger charge is -2.32. The summed E-state index contributed by atoms with van der Waals surface area (Å²) in [5, 5.41) is 3.02. The lowest BCUT2D eigenvalue weighted by Crippen LogP contribution is -2.52. The monoisotopic (exact) mass is 589 g/mol. The Morgan fingerprint density at radius 2 is 1.68 bits per heavy atom. The number of ether oxygens (including phenoxy) is 1. The fourth-order valence-electron chi connectivity index (χ4n) is 3.89. The molecule has 0 aliphatic rings. The van der Waals surface area contributed by atoms with E-state index in [1.54, 1.807) is 25.1 Å². The number of hydrogen-bond acceptors (Lipinski definition) is 5. The van der Waals surface area contributed by atoms with Crippen molar-refractivity contribution in [2.45, 2.75) is 50.7 Å². The van der Waals surface area contributed by atoms with Crippen LogP contribution in [0.3, 0.4) is 0 Å². The molecule has 1 N–H and O–H groups in total. The molecule has 11 heteroatoms. The molecule has 0 unspecified atom stereocenters. The number of hydrogen-bond donors (Lipinski definition) is 1. The first kappa shape index (κ1) is 30.9. The largest absolute Gasteiger partial charge is 0.495 e. The predicted molar refractivity (Wildman–Crippen MR) is 153 cm³/mol. The molecule has 0 spiro atoms. The first-order chi connectivity index (χ1) is 19.0. The number of benzene rings is 3. The number of carbonyl (C=O) groups excluding carboxylic acids is 2. The topological polar surface area (TPSA) is 96.0 Å². The van der Waals surface area contributed by atoms with Crippen LogP contribution < -0.4 is 14.4 Å². The molecule has 214 valence electrons. The molecular weight excluding hydrogens is 557 g/mol. The molecule has 0 saturated heterocycles. The second-order valence-corrected chi connectivity index (χ2v) is 11.6. The van der Waals surface area contributed by atoms with E-state index >= 15 is 0 Å². The molecule has 0 heterocycles. The summed E-state index contributed by atoms with van der Waals surface area (Å²) in [5.74, 6) is -1.14. The number of halogens is 2. The molecule has 40 heavy (non-hydrogen) atoms. The Morgan fingerprint density at radius 3 is 2.25 bits per heavy atom. The third-order valence-corrected chi connectivity index (χ3v) is 8.55. The molecule has 0 saturated carbocycles. The third kappa shape index (κ3) is 7.51. The average molecular weight is 590 g/mol. The van der Waals surface area contributed by atoms with Gasteiger partial charge in [-0.15, -0.1) is 0 Å². The molecule has 0 aliphatic heterocycles. The second kappa shape index (κ2) is 13.6. The molecule has 3 aromatic rings. The van der Waals surface area contributed by atoms with Gasteiger partial charge in [-0.05, 0) is 68.3 Å². The number of anilines is 1. The van der Waals surface area contributed by atoms with Crippen molar-refractivity contribution >= 4 is 39.1 Å². The zero-order chi connectivity index (χ0) is 29.4. The summed E-state index contributed by atoms with van der Waals surface area (Å²) >= 11 is 6.32. The van der Waals surface area contributed by atoms with Crippen molar-refractivity contribution in [3.05, 3.63) is 89.2 Å². The number of sulfonamides is 1. The third-order valence-electron chi connectivity index (χ3n) is 6.47. The Kier molecular flexibility index (Phi) is 10.5. The minimum atomic E-state index is -4.23. The summed E-state index contributed by atoms with van der Waals surface area (Å²) in [6.45, 7) is 4.67. The molecule has 3 rings (SSSR count). The lowest BCUT2D eigenvalue weighted by atomic mass is 10.1. The van der Waals surface area contributed by atoms with E-state index < -0.39 is 40.2 Å². The van der Waals surface area contributed by atoms with Crippen LogP contribution >= 0.6 is 11.6 Å². The fraction of sp³-hybridized carbons (Fsp3) is 0.310. The van der Waals surface area contributed by atoms with Gasteiger partial charge in [-0.1, -0.05) is 48.9 Å². The van der Waals surface area contributed by atoms with Crippen LogP contribution in [0.25, 0.3) is 0 Å². The van der Waals surface area contributed by atoms with Crippen LogP contribution in [0.4, 0.5) is 10.1 Å². The van der Waals surface area contributed by atoms with E-state index in [1.165, 1.54) is 66.6 Å². The Morgan fingerprint density at radius 1 is 1.02 bits per heavy atom. The van der Waals surface area contributed by atoms with Crippen LogP contribution in [0.5, 0.6) is 5.75 Å². The summed E-state index contributed by atoms with van der Waals surface area (Å²) in [5.41, 5.74) is 0.712. The zero-order valence-electron chi connectivity index (χ0n) is 22.8. The van der Waals surface area contributed by atoms with E-state index in [1.807, 2.05) is 13.8 Å². The first-order valence-electron chi connectivity index (χ1n) is 12.7. The van der Waals surface area contributed by atoms with Crippen LogP contribution in [0.2, 0.25) is 5.02 Å². The summed E-state index contributed by atoms with van der Waals surface area (Å²) in [6, 6.07) is 16.5. The van der Waals surface area contributed by atoms with E-state index in [9.17, 15) is 22.4 Å². The summed E-state index contributed by atoms with van der Waals surface area (Å²) in [6.07, 6.45) is 0.686. The van der Waals surface area contributed by atoms with Crippen LogP contribution in [-0.2, 0) is 26.2 Å². The van der Waals surface area contributed by atoms with Crippen LogP contribution in [0.15, 0.2) is 77.7 Å². The van der Waals surface area contributed by atoms with Crippen LogP contribution in [0.1, 0.15) is 32.8 Å². The molecule has 0 bridgehead atoms. The summed E-state index contributed by atoms with van der Waals surface area (Å²) < 4.78 is 47.3. The van der Waals surface area contributed by atoms with Gasteiger partial charge in [0.1, 0.15) is 24.2 Å². The van der Waals surface area contributed by atoms with E-state index in [4.69, 9.17) is 16.3 Å². The van der Waals surface area contributed by atoms with Crippen molar-refractivity contribution < 1.29 is 27.1 Å². The molecule has 0 aromatic heterocycles. The molecule has 2 atom stereocenters. The highest BCUT2D eigenvalue weighted by Gasteiger charge is 2.33. The molecule has 3 aromatic carbocycles. The Bertz CT molecular complexity index is 1420. The standard InChI is InChI=1S/C29H33ClFN3O5S/c1-5-20(2)32-29(36)21(3)33(18-22-11-13-23(31)14-12-22)28(35)19-34(24-15-16-27(39-4)26(30)17-24)40(37,38)25-9-7-6-8-10-25/h6-17,20-21H,5,18-19H2,1-4H3,(H,32,36)/t20-,21-/m1/s1. The fourth-order valence-corrected chi connectivity index (χ4v) is 5.57. The first-order valence-corrected chi connectivity index (χ1v) is 14.5. The maximum atomic E-state index is 13.9. The van der Waals surface area contributed by atoms with Gasteiger partial charge in [0.2, 0.25) is 11.8 Å². The normalized spacial score (nSPS) is 12.8. The maximum absolute atomic E-state index is 13.9. The van der Waals surface area contributed by atoms with Crippen molar-refractivity contribution in [1.29, 1.82) is 0 Å². The minimum absolute atomic E-state index is 0.0256. The number of rotatable bonds is 12. The number of nitrogens with zero attached hydrogens (tertiary/aromatic N) is 2. The second-order valence-electron chi connectivity index (χ2n) is 9.29. The Labute approximate surface area is 239 Å². The van der Waals surface area contributed by atoms with Crippen molar-refractivity contribution in [3.8, 4) is 5.75 Å². The minimum Gasteiger partial charge on any atom is -0.495 e. The highest BCUT2D eigenvalue weighted by atomic mass is 35.5. The van der Waals surface area contributed by atoms with Crippen LogP contribution in [-0.4, -0.2) is 50.9 Å². The SMILES string of the molecule is CC[C@@H](C)NC(=O)[C@@H](C)N(Cc1ccc(F)cc1)C(=O)CN(c1ccc(OC)c(Cl)c1)S(=O)(=O)c1ccccc1. The zero-order valence-corrected chi connectivity index (χ0v) is 24.4. The summed E-state index contributed by atoms with van der Waals surface area (Å²) in [4.78, 5) is 28.2. The van der Waals surface area contributed by atoms with Gasteiger partial charge in [0.15, 0.2) is 0 Å². The van der Waals surface area contributed by atoms with Crippen molar-refractivity contribution in [2.75, 3.05) is 18.0 Å². The molecule has 0 fully saturated rings. The van der Waals surface area contributed by atoms with E-state index in [-0.39, 0.29) is 28.2 Å². The molecule has 0 radical (unpaired) electrons. The van der Waals surface area contributed by atoms with E-state index in [2.05, 4.69) is 5.32 Å². The van der Waals surface area contributed by atoms with Gasteiger partial charge in [0.25, 0.3) is 10.0 Å². The smallest absolute Gasteiger partial charge is 0.264 e. The van der Waals surface area contributed by atoms with Crippen LogP contribution in [0, 0.1) is 5.82 Å². The van der Waals surface area contributed by atoms with Crippen molar-refractivity contribution in [2.24, 2.45) is 0 Å². The number of nitrogens with one attached hydrogen (secondary N) is 1. The Hall–Kier alpha value is -3.63. The quantitative estimate of drug-likeness (QED) is 0.320. The summed E-state index contributed by atoms with van der Waals surface area (Å²) in [7, 11) is -2.80. The molecular formula is C29H33ClFN3O5S. The van der Waals surface area contributed by atoms with Gasteiger partial charge >= 0.3 is 0 Å². The van der Waals surface area contributed by atoms with E-state index in [0.29, 0.717) is 17.7 Å². The highest BCUT2D eigenvalue weighted by Crippen LogP contribution is 2.32. The molecule has 2 amide bonds. The van der Waals surface area contributed by atoms with Gasteiger partial charge in [-0.2, -0.15) is 0 Å². The number of methoxy groups -OCH3 is 1. The van der Waals surface area contributed by atoms with Crippen molar-refractivity contribution in [1.82, 2.24) is 10.2 Å². The van der Waals surface area contributed by atoms with Gasteiger partial charge in [0.05, 0.1) is 22.7 Å². The highest BCUT2D eigenvalue weighted by molar-refractivity contribution is 7.92. The lowest BCUT2D eigenvalue weighted by molar-refractivity contribution is -0.139. The van der Waals surface area contributed by atoms with Gasteiger partial charge in [-0.25, -0.2) is 12.8 Å². The van der Waals surface area contributed by atoms with Gasteiger partial charge in [-0.3, -0.25) is 13.9 Å². The van der Waals surface area contributed by atoms with Crippen molar-refractivity contribution in [3.63, 3.8) is 0 Å². The number of carbonyl (C=O) groups is 2. The molecule has 0 aliphatic carbocycles. The molecule has 8 nitrogen and oxygen atoms in total. The predicted octanol–water partition coefficient (Wildman–Crippen LogP) is 5.02. The maximum Gasteiger partial charge on any atom is 0.264 e. The number of amides is 2. The average Bonchev–Trinajstić information content (AvgIpc) is 2.95. The van der Waals surface area contributed by atoms with Gasteiger partial charge in [0, 0.05) is 12.6 Å².